The molecule has 2 aromatic carbocycles. The zero-order chi connectivity index (χ0) is 21.8. The molecule has 1 saturated carbocycles. The molecule has 0 aliphatic heterocycles. The van der Waals surface area contributed by atoms with E-state index in [1.54, 1.807) is 24.3 Å². The first-order valence-corrected chi connectivity index (χ1v) is 11.8. The summed E-state index contributed by atoms with van der Waals surface area (Å²) in [4.78, 5) is 25.4. The van der Waals surface area contributed by atoms with Crippen molar-refractivity contribution < 1.29 is 9.59 Å². The summed E-state index contributed by atoms with van der Waals surface area (Å²) in [6.07, 6.45) is 5.68. The molecule has 1 aliphatic rings. The molecule has 1 fully saturated rings. The second kappa shape index (κ2) is 9.77. The number of carbonyl (C=O) groups is 2. The number of fused-ring (bicyclic) bond motifs is 1. The number of carbonyl (C=O) groups excluding carboxylic acids is 2. The van der Waals surface area contributed by atoms with Crippen LogP contribution in [0, 0.1) is 0 Å². The number of hydrogen-bond acceptors (Lipinski definition) is 4. The van der Waals surface area contributed by atoms with Gasteiger partial charge in [0, 0.05) is 27.4 Å². The van der Waals surface area contributed by atoms with Gasteiger partial charge in [-0.05, 0) is 55.4 Å². The average Bonchev–Trinajstić information content (AvgIpc) is 3.12. The maximum absolute atomic E-state index is 12.6. The van der Waals surface area contributed by atoms with E-state index in [0.717, 1.165) is 22.9 Å². The maximum Gasteiger partial charge on any atom is 0.269 e. The molecule has 4 rings (SSSR count). The van der Waals surface area contributed by atoms with Gasteiger partial charge in [-0.3, -0.25) is 14.9 Å². The number of hydrogen-bond donors (Lipinski definition) is 3. The molecule has 1 aromatic heterocycles. The lowest BCUT2D eigenvalue weighted by Gasteiger charge is -2.22. The van der Waals surface area contributed by atoms with Gasteiger partial charge in [-0.1, -0.05) is 49.1 Å². The van der Waals surface area contributed by atoms with Crippen molar-refractivity contribution in [3.63, 3.8) is 0 Å². The van der Waals surface area contributed by atoms with Gasteiger partial charge >= 0.3 is 0 Å². The molecule has 160 valence electrons. The van der Waals surface area contributed by atoms with E-state index in [1.807, 2.05) is 24.3 Å². The van der Waals surface area contributed by atoms with E-state index in [-0.39, 0.29) is 23.0 Å². The number of thiophene rings is 1. The van der Waals surface area contributed by atoms with Crippen LogP contribution in [0.1, 0.15) is 52.1 Å². The highest BCUT2D eigenvalue weighted by Crippen LogP contribution is 2.35. The normalized spacial score (nSPS) is 14.2. The minimum Gasteiger partial charge on any atom is -0.349 e. The van der Waals surface area contributed by atoms with E-state index in [0.29, 0.717) is 21.2 Å². The summed E-state index contributed by atoms with van der Waals surface area (Å²) in [6, 6.07) is 14.9. The Balaban J connectivity index is 1.34. The van der Waals surface area contributed by atoms with Gasteiger partial charge in [-0.25, -0.2) is 0 Å². The average molecular weight is 472 g/mol. The van der Waals surface area contributed by atoms with Crippen molar-refractivity contribution in [2.24, 2.45) is 0 Å². The molecule has 1 aliphatic carbocycles. The Kier molecular flexibility index (Phi) is 6.85. The molecule has 0 saturated heterocycles. The van der Waals surface area contributed by atoms with Crippen LogP contribution in [0.5, 0.6) is 0 Å². The van der Waals surface area contributed by atoms with Gasteiger partial charge in [0.25, 0.3) is 11.8 Å². The van der Waals surface area contributed by atoms with E-state index in [4.69, 9.17) is 23.8 Å². The highest BCUT2D eigenvalue weighted by molar-refractivity contribution is 7.80. The molecular formula is C23H22ClN3O2S2. The first-order chi connectivity index (χ1) is 15.0. The maximum atomic E-state index is 12.6. The number of nitrogens with one attached hydrogen (secondary N) is 3. The van der Waals surface area contributed by atoms with Gasteiger partial charge in [0.05, 0.1) is 5.02 Å². The number of amides is 2. The number of halogens is 1. The van der Waals surface area contributed by atoms with Crippen LogP contribution in [0.3, 0.4) is 0 Å². The van der Waals surface area contributed by atoms with Gasteiger partial charge < -0.3 is 10.6 Å². The number of anilines is 1. The fraction of sp³-hybridized carbons (Fsp3) is 0.261. The monoisotopic (exact) mass is 471 g/mol. The Morgan fingerprint density at radius 2 is 1.68 bits per heavy atom. The molecule has 3 N–H and O–H groups in total. The van der Waals surface area contributed by atoms with E-state index in [1.165, 1.54) is 30.6 Å². The van der Waals surface area contributed by atoms with Crippen molar-refractivity contribution in [3.8, 4) is 0 Å². The smallest absolute Gasteiger partial charge is 0.269 e. The Labute approximate surface area is 195 Å². The van der Waals surface area contributed by atoms with Crippen LogP contribution in [0.2, 0.25) is 5.02 Å². The van der Waals surface area contributed by atoms with Crippen LogP contribution in [-0.4, -0.2) is 23.0 Å². The number of rotatable bonds is 4. The Hall–Kier alpha value is -2.48. The molecule has 8 heteroatoms. The number of benzene rings is 2. The predicted octanol–water partition coefficient (Wildman–Crippen LogP) is 5.74. The molecule has 0 radical (unpaired) electrons. The summed E-state index contributed by atoms with van der Waals surface area (Å²) in [7, 11) is 0. The summed E-state index contributed by atoms with van der Waals surface area (Å²) < 4.78 is 0.943. The van der Waals surface area contributed by atoms with Crippen molar-refractivity contribution in [2.45, 2.75) is 38.1 Å². The third-order valence-corrected chi connectivity index (χ3v) is 7.19. The fourth-order valence-electron chi connectivity index (χ4n) is 3.70. The highest BCUT2D eigenvalue weighted by Gasteiger charge is 2.18. The topological polar surface area (TPSA) is 70.2 Å². The lowest BCUT2D eigenvalue weighted by molar-refractivity contribution is 0.0926. The molecule has 31 heavy (non-hydrogen) atoms. The van der Waals surface area contributed by atoms with Gasteiger partial charge in [0.2, 0.25) is 0 Å². The van der Waals surface area contributed by atoms with Crippen molar-refractivity contribution in [2.75, 3.05) is 5.32 Å². The van der Waals surface area contributed by atoms with E-state index >= 15 is 0 Å². The van der Waals surface area contributed by atoms with Crippen LogP contribution >= 0.6 is 35.2 Å². The molecular weight excluding hydrogens is 450 g/mol. The molecule has 0 spiro atoms. The Bertz CT molecular complexity index is 1120. The zero-order valence-electron chi connectivity index (χ0n) is 16.7. The second-order valence-corrected chi connectivity index (χ2v) is 9.37. The Morgan fingerprint density at radius 3 is 2.39 bits per heavy atom. The first kappa shape index (κ1) is 21.7. The molecule has 1 heterocycles. The first-order valence-electron chi connectivity index (χ1n) is 10.2. The minimum atomic E-state index is -0.354. The quantitative estimate of drug-likeness (QED) is 0.424. The summed E-state index contributed by atoms with van der Waals surface area (Å²) in [6.45, 7) is 0. The van der Waals surface area contributed by atoms with Gasteiger partial charge in [0.1, 0.15) is 4.88 Å². The van der Waals surface area contributed by atoms with Crippen LogP contribution in [0.25, 0.3) is 10.1 Å². The Morgan fingerprint density at radius 1 is 0.968 bits per heavy atom. The van der Waals surface area contributed by atoms with E-state index < -0.39 is 0 Å². The van der Waals surface area contributed by atoms with Crippen molar-refractivity contribution >= 4 is 67.9 Å². The second-order valence-electron chi connectivity index (χ2n) is 7.54. The lowest BCUT2D eigenvalue weighted by atomic mass is 9.95. The zero-order valence-corrected chi connectivity index (χ0v) is 19.1. The molecule has 0 unspecified atom stereocenters. The van der Waals surface area contributed by atoms with Gasteiger partial charge in [-0.15, -0.1) is 11.3 Å². The van der Waals surface area contributed by atoms with Crippen molar-refractivity contribution in [3.05, 3.63) is 64.0 Å². The molecule has 0 bridgehead atoms. The fourth-order valence-corrected chi connectivity index (χ4v) is 5.33. The lowest BCUT2D eigenvalue weighted by Crippen LogP contribution is -2.36. The van der Waals surface area contributed by atoms with Crippen LogP contribution < -0.4 is 16.0 Å². The molecule has 5 nitrogen and oxygen atoms in total. The van der Waals surface area contributed by atoms with E-state index in [2.05, 4.69) is 16.0 Å². The van der Waals surface area contributed by atoms with Crippen LogP contribution in [0.15, 0.2) is 48.5 Å². The predicted molar refractivity (Wildman–Crippen MR) is 131 cm³/mol. The van der Waals surface area contributed by atoms with E-state index in [9.17, 15) is 9.59 Å². The summed E-state index contributed by atoms with van der Waals surface area (Å²) >= 11 is 13.0. The van der Waals surface area contributed by atoms with Gasteiger partial charge in [-0.2, -0.15) is 0 Å². The third-order valence-electron chi connectivity index (χ3n) is 5.31. The van der Waals surface area contributed by atoms with Crippen LogP contribution in [-0.2, 0) is 0 Å². The highest BCUT2D eigenvalue weighted by atomic mass is 35.5. The van der Waals surface area contributed by atoms with Crippen LogP contribution in [0.4, 0.5) is 5.69 Å². The standard InChI is InChI=1S/C23H22ClN3O2S2/c24-19-17-8-4-5-9-18(17)31-20(19)22(29)27-23(30)26-16-12-10-14(11-13-16)21(28)25-15-6-2-1-3-7-15/h4-5,8-13,15H,1-3,6-7H2,(H,25,28)(H2,26,27,29,30). The largest absolute Gasteiger partial charge is 0.349 e. The molecule has 0 atom stereocenters. The van der Waals surface area contributed by atoms with Crippen molar-refractivity contribution in [1.82, 2.24) is 10.6 Å². The summed E-state index contributed by atoms with van der Waals surface area (Å²) in [5, 5.41) is 10.2. The summed E-state index contributed by atoms with van der Waals surface area (Å²) in [5.41, 5.74) is 1.28. The molecule has 2 amide bonds. The third kappa shape index (κ3) is 5.23. The van der Waals surface area contributed by atoms with Gasteiger partial charge in [0.15, 0.2) is 5.11 Å². The number of thiocarbonyl (C=S) groups is 1. The molecule has 3 aromatic rings. The minimum absolute atomic E-state index is 0.0614. The summed E-state index contributed by atoms with van der Waals surface area (Å²) in [5.74, 6) is -0.416. The van der Waals surface area contributed by atoms with Crippen molar-refractivity contribution in [1.29, 1.82) is 0 Å². The SMILES string of the molecule is O=C(NC1CCCCC1)c1ccc(NC(=S)NC(=O)c2sc3ccccc3c2Cl)cc1.